The maximum Gasteiger partial charge on any atom is 0.187 e. The van der Waals surface area contributed by atoms with Crippen LogP contribution in [0.3, 0.4) is 0 Å². The number of nitrogens with one attached hydrogen (secondary N) is 1. The van der Waals surface area contributed by atoms with Crippen molar-refractivity contribution in [2.24, 2.45) is 0 Å². The van der Waals surface area contributed by atoms with Crippen LogP contribution in [0, 0.1) is 0 Å². The van der Waals surface area contributed by atoms with Gasteiger partial charge in [-0.2, -0.15) is 0 Å². The lowest BCUT2D eigenvalue weighted by molar-refractivity contribution is -0.259. The van der Waals surface area contributed by atoms with E-state index in [2.05, 4.69) is 5.32 Å². The molecule has 0 aromatic heterocycles. The molecule has 5 nitrogen and oxygen atoms in total. The lowest BCUT2D eigenvalue weighted by atomic mass is 10.0. The van der Waals surface area contributed by atoms with Gasteiger partial charge in [0, 0.05) is 42.8 Å². The van der Waals surface area contributed by atoms with Gasteiger partial charge < -0.3 is 24.6 Å². The maximum atomic E-state index is 10.3. The van der Waals surface area contributed by atoms with Gasteiger partial charge in [-0.3, -0.25) is 0 Å². The third kappa shape index (κ3) is 3.92. The van der Waals surface area contributed by atoms with Crippen LogP contribution in [0.15, 0.2) is 18.2 Å². The monoisotopic (exact) mass is 349 g/mol. The van der Waals surface area contributed by atoms with E-state index in [-0.39, 0.29) is 6.04 Å². The Morgan fingerprint density at radius 3 is 2.77 bits per heavy atom. The fraction of sp³-hybridized carbons (Fsp3) is 0.600. The van der Waals surface area contributed by atoms with Crippen molar-refractivity contribution >= 4 is 23.2 Å². The predicted molar refractivity (Wildman–Crippen MR) is 85.4 cm³/mol. The van der Waals surface area contributed by atoms with Crippen molar-refractivity contribution in [3.63, 3.8) is 0 Å². The molecule has 1 aromatic carbocycles. The second kappa shape index (κ2) is 7.93. The quantitative estimate of drug-likeness (QED) is 0.772. The van der Waals surface area contributed by atoms with Crippen molar-refractivity contribution in [2.75, 3.05) is 34.0 Å². The van der Waals surface area contributed by atoms with Gasteiger partial charge in [-0.05, 0) is 12.1 Å². The van der Waals surface area contributed by atoms with E-state index in [1.165, 1.54) is 0 Å². The number of hydrogen-bond donors (Lipinski definition) is 2. The van der Waals surface area contributed by atoms with E-state index in [1.807, 2.05) is 0 Å². The Balaban J connectivity index is 2.01. The molecule has 2 atom stereocenters. The Labute approximate surface area is 140 Å². The van der Waals surface area contributed by atoms with Crippen molar-refractivity contribution in [3.8, 4) is 0 Å². The molecular weight excluding hydrogens is 329 g/mol. The summed E-state index contributed by atoms with van der Waals surface area (Å²) in [6.07, 6.45) is -0.145. The number of aliphatic hydroxyl groups excluding tert-OH is 1. The number of ether oxygens (including phenoxy) is 3. The minimum Gasteiger partial charge on any atom is -0.387 e. The van der Waals surface area contributed by atoms with Gasteiger partial charge in [-0.25, -0.2) is 0 Å². The molecule has 1 fully saturated rings. The molecule has 2 unspecified atom stereocenters. The van der Waals surface area contributed by atoms with Gasteiger partial charge in [-0.15, -0.1) is 0 Å². The summed E-state index contributed by atoms with van der Waals surface area (Å²) in [5, 5.41) is 14.5. The van der Waals surface area contributed by atoms with E-state index in [0.29, 0.717) is 41.8 Å². The van der Waals surface area contributed by atoms with Crippen molar-refractivity contribution < 1.29 is 19.3 Å². The molecule has 7 heteroatoms. The minimum absolute atomic E-state index is 0.183. The van der Waals surface area contributed by atoms with Crippen LogP contribution in [0.25, 0.3) is 0 Å². The molecule has 0 amide bonds. The summed E-state index contributed by atoms with van der Waals surface area (Å²) in [6.45, 7) is 1.32. The van der Waals surface area contributed by atoms with Gasteiger partial charge >= 0.3 is 0 Å². The van der Waals surface area contributed by atoms with Gasteiger partial charge in [0.15, 0.2) is 5.79 Å². The highest BCUT2D eigenvalue weighted by Crippen LogP contribution is 2.28. The van der Waals surface area contributed by atoms with Gasteiger partial charge in [0.2, 0.25) is 0 Å². The number of aliphatic hydroxyl groups is 1. The summed E-state index contributed by atoms with van der Waals surface area (Å²) in [5.41, 5.74) is 0.621. The van der Waals surface area contributed by atoms with Crippen molar-refractivity contribution in [2.45, 2.75) is 24.4 Å². The number of hydrogen-bond acceptors (Lipinski definition) is 5. The van der Waals surface area contributed by atoms with Crippen LogP contribution in [-0.4, -0.2) is 50.9 Å². The van der Waals surface area contributed by atoms with E-state index in [9.17, 15) is 5.11 Å². The van der Waals surface area contributed by atoms with Gasteiger partial charge in [0.05, 0.1) is 25.4 Å². The predicted octanol–water partition coefficient (Wildman–Crippen LogP) is 2.39. The van der Waals surface area contributed by atoms with Gasteiger partial charge in [0.1, 0.15) is 0 Å². The SMILES string of the molecule is COC1(OC)CCOCC1NCC(O)c1ccc(Cl)cc1Cl. The topological polar surface area (TPSA) is 60.0 Å². The van der Waals surface area contributed by atoms with Crippen LogP contribution in [0.2, 0.25) is 10.0 Å². The Hall–Kier alpha value is -0.400. The average molecular weight is 350 g/mol. The zero-order valence-electron chi connectivity index (χ0n) is 12.6. The van der Waals surface area contributed by atoms with Crippen LogP contribution in [0.1, 0.15) is 18.1 Å². The molecule has 0 bridgehead atoms. The summed E-state index contributed by atoms with van der Waals surface area (Å²) in [7, 11) is 3.21. The number of benzene rings is 1. The van der Waals surface area contributed by atoms with Crippen LogP contribution in [0.4, 0.5) is 0 Å². The minimum atomic E-state index is -0.766. The van der Waals surface area contributed by atoms with Crippen LogP contribution in [-0.2, 0) is 14.2 Å². The molecule has 0 saturated carbocycles. The van der Waals surface area contributed by atoms with E-state index in [0.717, 1.165) is 0 Å². The molecule has 2 rings (SSSR count). The third-order valence-corrected chi connectivity index (χ3v) is 4.54. The molecule has 0 radical (unpaired) electrons. The molecule has 1 aliphatic rings. The molecule has 124 valence electrons. The molecule has 1 heterocycles. The number of methoxy groups -OCH3 is 2. The average Bonchev–Trinajstić information content (AvgIpc) is 2.52. The normalized spacial score (nSPS) is 22.5. The highest BCUT2D eigenvalue weighted by molar-refractivity contribution is 6.35. The van der Waals surface area contributed by atoms with Crippen molar-refractivity contribution in [1.82, 2.24) is 5.32 Å². The molecule has 0 spiro atoms. The molecule has 1 saturated heterocycles. The van der Waals surface area contributed by atoms with E-state index in [4.69, 9.17) is 37.4 Å². The lowest BCUT2D eigenvalue weighted by Gasteiger charge is -2.42. The highest BCUT2D eigenvalue weighted by atomic mass is 35.5. The van der Waals surface area contributed by atoms with Crippen molar-refractivity contribution in [1.29, 1.82) is 0 Å². The zero-order chi connectivity index (χ0) is 16.2. The molecular formula is C15H21Cl2NO4. The first-order valence-electron chi connectivity index (χ1n) is 7.07. The summed E-state index contributed by atoms with van der Waals surface area (Å²) in [6, 6.07) is 4.84. The lowest BCUT2D eigenvalue weighted by Crippen LogP contribution is -2.59. The Kier molecular flexibility index (Phi) is 6.46. The van der Waals surface area contributed by atoms with Gasteiger partial charge in [0.25, 0.3) is 0 Å². The Bertz CT molecular complexity index is 496. The smallest absolute Gasteiger partial charge is 0.187 e. The molecule has 2 N–H and O–H groups in total. The second-order valence-corrected chi connectivity index (χ2v) is 6.03. The number of halogens is 2. The fourth-order valence-electron chi connectivity index (χ4n) is 2.64. The van der Waals surface area contributed by atoms with Crippen LogP contribution < -0.4 is 5.32 Å². The fourth-order valence-corrected chi connectivity index (χ4v) is 3.17. The van der Waals surface area contributed by atoms with E-state index in [1.54, 1.807) is 32.4 Å². The largest absolute Gasteiger partial charge is 0.387 e. The Morgan fingerprint density at radius 2 is 2.14 bits per heavy atom. The van der Waals surface area contributed by atoms with Crippen LogP contribution >= 0.6 is 23.2 Å². The summed E-state index contributed by atoms with van der Waals surface area (Å²) < 4.78 is 16.5. The molecule has 0 aliphatic carbocycles. The van der Waals surface area contributed by atoms with E-state index < -0.39 is 11.9 Å². The first-order valence-corrected chi connectivity index (χ1v) is 7.82. The molecule has 22 heavy (non-hydrogen) atoms. The zero-order valence-corrected chi connectivity index (χ0v) is 14.2. The first kappa shape index (κ1) is 17.9. The first-order chi connectivity index (χ1) is 10.5. The molecule has 1 aliphatic heterocycles. The van der Waals surface area contributed by atoms with Crippen LogP contribution in [0.5, 0.6) is 0 Å². The highest BCUT2D eigenvalue weighted by Gasteiger charge is 2.42. The van der Waals surface area contributed by atoms with Crippen molar-refractivity contribution in [3.05, 3.63) is 33.8 Å². The summed E-state index contributed by atoms with van der Waals surface area (Å²) in [5.74, 6) is -0.748. The Morgan fingerprint density at radius 1 is 1.41 bits per heavy atom. The standard InChI is InChI=1S/C15H21Cl2NO4/c1-20-15(21-2)5-6-22-9-14(15)18-8-13(19)11-4-3-10(16)7-12(11)17/h3-4,7,13-14,18-19H,5-6,8-9H2,1-2H3. The number of rotatable bonds is 6. The van der Waals surface area contributed by atoms with Gasteiger partial charge in [-0.1, -0.05) is 29.3 Å². The maximum absolute atomic E-state index is 10.3. The second-order valence-electron chi connectivity index (χ2n) is 5.19. The van der Waals surface area contributed by atoms with E-state index >= 15 is 0 Å². The third-order valence-electron chi connectivity index (χ3n) is 3.98. The molecule has 1 aromatic rings. The summed E-state index contributed by atoms with van der Waals surface area (Å²) >= 11 is 12.0. The summed E-state index contributed by atoms with van der Waals surface area (Å²) in [4.78, 5) is 0.